The molecule has 0 aliphatic rings. The Morgan fingerprint density at radius 2 is 0.725 bits per heavy atom. The van der Waals surface area contributed by atoms with Crippen LogP contribution in [0.3, 0.4) is 0 Å². The summed E-state index contributed by atoms with van der Waals surface area (Å²) in [5, 5.41) is 40.2. The van der Waals surface area contributed by atoms with Crippen molar-refractivity contribution in [1.29, 1.82) is 0 Å². The SMILES string of the molecule is CCOc1ccccc1-c1cc(Cl)ncn1.CCOc1ccccc1-c1cc(Cl)ncn1.CCOc1ccccc1B(O)O.CN.CNS(=O)(=O)Cc1cccc(N)c1.CNS(=O)(=O)Cc1cccc(N)c1.CNS(=O)(=O)Cc1cccc([N+](=O)[O-])c1.Clc1cc(Cl)ncn1.O=[N+]([O-])c1cccc(CS(=O)(=O)Cl)c1. The van der Waals surface area contributed by atoms with Crippen LogP contribution in [0.25, 0.3) is 22.5 Å². The third-order valence-electron chi connectivity index (χ3n) is 12.8. The summed E-state index contributed by atoms with van der Waals surface area (Å²) in [6, 6.07) is 51.8. The van der Waals surface area contributed by atoms with E-state index < -0.39 is 61.8 Å². The lowest BCUT2D eigenvalue weighted by molar-refractivity contribution is -0.385. The number of nitrogens with two attached hydrogens (primary N) is 3. The van der Waals surface area contributed by atoms with E-state index in [0.29, 0.717) is 85.3 Å². The molecule has 0 bridgehead atoms. The molecule has 0 amide bonds. The molecule has 3 aromatic heterocycles. The number of ether oxygens (including phenoxy) is 3. The molecule has 0 radical (unpaired) electrons. The molecule has 0 spiro atoms. The van der Waals surface area contributed by atoms with E-state index in [1.807, 2.05) is 69.3 Å². The number of rotatable bonds is 22. The molecule has 586 valence electrons. The third kappa shape index (κ3) is 40.1. The zero-order chi connectivity index (χ0) is 81.8. The lowest BCUT2D eigenvalue weighted by Crippen LogP contribution is -2.31. The van der Waals surface area contributed by atoms with E-state index in [-0.39, 0.29) is 28.6 Å². The van der Waals surface area contributed by atoms with Gasteiger partial charge in [-0.05, 0) is 126 Å². The minimum Gasteiger partial charge on any atom is -0.494 e. The van der Waals surface area contributed by atoms with Gasteiger partial charge in [-0.3, -0.25) is 20.2 Å². The number of sulfonamides is 3. The van der Waals surface area contributed by atoms with Crippen LogP contribution in [0.5, 0.6) is 17.2 Å². The minimum atomic E-state index is -3.67. The summed E-state index contributed by atoms with van der Waals surface area (Å²) in [5.74, 6) is 1.40. The molecule has 7 aromatic carbocycles. The van der Waals surface area contributed by atoms with Crippen LogP contribution in [0.15, 0.2) is 207 Å². The predicted molar refractivity (Wildman–Crippen MR) is 428 cm³/mol. The maximum absolute atomic E-state index is 11.2. The summed E-state index contributed by atoms with van der Waals surface area (Å²) in [6.07, 6.45) is 4.20. The Hall–Kier alpha value is -9.35. The number of nitrogens with zero attached hydrogens (tertiary/aromatic N) is 8. The smallest absolute Gasteiger partial charge is 0.492 e. The molecule has 0 saturated heterocycles. The first-order valence-corrected chi connectivity index (χ1v) is 40.5. The number of para-hydroxylation sites is 3. The van der Waals surface area contributed by atoms with Crippen molar-refractivity contribution in [3.8, 4) is 39.8 Å². The van der Waals surface area contributed by atoms with Gasteiger partial charge in [0.25, 0.3) is 11.4 Å². The van der Waals surface area contributed by atoms with Gasteiger partial charge in [0, 0.05) is 81.1 Å². The van der Waals surface area contributed by atoms with E-state index >= 15 is 0 Å². The molecule has 0 fully saturated rings. The highest BCUT2D eigenvalue weighted by Crippen LogP contribution is 2.31. The van der Waals surface area contributed by atoms with E-state index in [1.54, 1.807) is 84.9 Å². The second kappa shape index (κ2) is 50.4. The van der Waals surface area contributed by atoms with E-state index in [0.717, 1.165) is 34.0 Å². The highest BCUT2D eigenvalue weighted by atomic mass is 35.7. The molecule has 10 rings (SSSR count). The lowest BCUT2D eigenvalue weighted by atomic mass is 9.80. The number of nitro groups is 2. The van der Waals surface area contributed by atoms with Crippen molar-refractivity contribution in [1.82, 2.24) is 44.1 Å². The maximum atomic E-state index is 11.2. The number of nitrogens with one attached hydrogen (secondary N) is 3. The van der Waals surface area contributed by atoms with Crippen LogP contribution in [-0.2, 0) is 62.1 Å². The summed E-state index contributed by atoms with van der Waals surface area (Å²) >= 11 is 22.5. The molecule has 0 unspecified atom stereocenters. The molecule has 0 aliphatic carbocycles. The van der Waals surface area contributed by atoms with Crippen LogP contribution >= 0.6 is 57.1 Å². The fourth-order valence-electron chi connectivity index (χ4n) is 8.13. The van der Waals surface area contributed by atoms with Crippen molar-refractivity contribution in [2.75, 3.05) is 59.5 Å². The van der Waals surface area contributed by atoms with Gasteiger partial charge >= 0.3 is 7.12 Å². The van der Waals surface area contributed by atoms with Gasteiger partial charge < -0.3 is 41.5 Å². The van der Waals surface area contributed by atoms with Gasteiger partial charge in [-0.25, -0.2) is 77.7 Å². The van der Waals surface area contributed by atoms with Gasteiger partial charge in [0.2, 0.25) is 39.1 Å². The summed E-state index contributed by atoms with van der Waals surface area (Å²) in [5.41, 5.74) is 22.2. The number of benzene rings is 7. The zero-order valence-corrected chi connectivity index (χ0v) is 66.6. The molecule has 11 N–H and O–H groups in total. The van der Waals surface area contributed by atoms with Crippen LogP contribution in [0.4, 0.5) is 22.7 Å². The quantitative estimate of drug-likeness (QED) is 0.00780. The van der Waals surface area contributed by atoms with Crippen LogP contribution in [-0.4, -0.2) is 139 Å². The van der Waals surface area contributed by atoms with Gasteiger partial charge in [0.15, 0.2) is 0 Å². The van der Waals surface area contributed by atoms with Gasteiger partial charge in [0.05, 0.1) is 64.1 Å². The topological polar surface area (TPSA) is 482 Å². The minimum absolute atomic E-state index is 0.0332. The van der Waals surface area contributed by atoms with Crippen LogP contribution in [0.2, 0.25) is 20.6 Å². The van der Waals surface area contributed by atoms with Crippen molar-refractivity contribution in [2.24, 2.45) is 5.73 Å². The molecule has 109 heavy (non-hydrogen) atoms. The Labute approximate surface area is 657 Å². The Balaban J connectivity index is 0.000000424. The molecule has 31 nitrogen and oxygen atoms in total. The normalized spacial score (nSPS) is 10.5. The largest absolute Gasteiger partial charge is 0.494 e. The predicted octanol–water partition coefficient (Wildman–Crippen LogP) is 10.5. The maximum Gasteiger partial charge on any atom is 0.492 e. The molecular weight excluding hydrogens is 1600 g/mol. The second-order valence-corrected chi connectivity index (χ2v) is 30.8. The van der Waals surface area contributed by atoms with Crippen molar-refractivity contribution in [2.45, 2.75) is 43.8 Å². The first-order chi connectivity index (χ1) is 51.6. The fourth-order valence-corrected chi connectivity index (χ4v) is 12.0. The second-order valence-electron chi connectivity index (χ2n) is 20.7. The van der Waals surface area contributed by atoms with E-state index in [2.05, 4.69) is 49.8 Å². The number of aromatic nitrogens is 6. The Bertz CT molecular complexity index is 4760. The van der Waals surface area contributed by atoms with Gasteiger partial charge in [-0.2, -0.15) is 0 Å². The van der Waals surface area contributed by atoms with Crippen LogP contribution in [0, 0.1) is 20.2 Å². The molecule has 10 aromatic rings. The number of anilines is 2. The van der Waals surface area contributed by atoms with E-state index in [9.17, 15) is 53.9 Å². The molecule has 41 heteroatoms. The van der Waals surface area contributed by atoms with Crippen molar-refractivity contribution < 1.29 is 67.8 Å². The zero-order valence-electron chi connectivity index (χ0n) is 59.5. The highest BCUT2D eigenvalue weighted by molar-refractivity contribution is 8.13. The van der Waals surface area contributed by atoms with Crippen molar-refractivity contribution in [3.05, 3.63) is 270 Å². The van der Waals surface area contributed by atoms with Crippen LogP contribution in [0.1, 0.15) is 43.0 Å². The van der Waals surface area contributed by atoms with Crippen LogP contribution < -0.4 is 51.0 Å². The lowest BCUT2D eigenvalue weighted by Gasteiger charge is -2.08. The monoisotopic (exact) mass is 1680 g/mol. The highest BCUT2D eigenvalue weighted by Gasteiger charge is 2.17. The van der Waals surface area contributed by atoms with E-state index in [4.69, 9.17) is 92.8 Å². The van der Waals surface area contributed by atoms with Gasteiger partial charge in [-0.15, -0.1) is 0 Å². The molecule has 0 aliphatic heterocycles. The molecule has 3 heterocycles. The Kier molecular flexibility index (Phi) is 44.2. The third-order valence-corrected chi connectivity index (χ3v) is 18.6. The first kappa shape index (κ1) is 95.7. The standard InChI is InChI=1S/2C12H11ClN2O.C8H11BO3.C8H10N2O4S.2C8H12N2O2S.C7H6ClNO4S.C4H2Cl2N2.CH5N/c2*1-2-16-11-6-4-3-5-9(11)10-7-12(13)15-8-14-10;1-2-12-8-6-4-3-5-7(8)9(10)11;1-9-15(13,14)6-7-3-2-4-8(5-7)10(11)12;2*1-10-13(11,12)6-7-3-2-4-8(9)5-7;8-14(12,13)5-6-2-1-3-7(4-6)9(10)11;5-3-1-4(6)8-2-7-3;1-2/h2*3-8H,2H2,1H3;3-6,10-11H,2H2,1H3;2-5,9H,6H2,1H3;2*2-5,10H,6,9H2,1H3;1-4H,5H2;1-2H;2H2,1H3. The summed E-state index contributed by atoms with van der Waals surface area (Å²) in [6.45, 7) is 7.50. The number of non-ortho nitro benzene ring substituents is 2. The number of nitro benzene ring substituents is 2. The molecular formula is C68H80BCl5N14O17S4. The summed E-state index contributed by atoms with van der Waals surface area (Å²) < 4.78 is 111. The van der Waals surface area contributed by atoms with Crippen molar-refractivity contribution in [3.63, 3.8) is 0 Å². The Morgan fingerprint density at radius 1 is 0.422 bits per heavy atom. The number of hydrogen-bond donors (Lipinski definition) is 8. The average molecular weight is 1680 g/mol. The molecule has 0 atom stereocenters. The number of halogens is 5. The van der Waals surface area contributed by atoms with Gasteiger partial charge in [-0.1, -0.05) is 137 Å². The summed E-state index contributed by atoms with van der Waals surface area (Å²) in [7, 11) is -4.33. The van der Waals surface area contributed by atoms with Gasteiger partial charge in [0.1, 0.15) is 56.8 Å². The average Bonchev–Trinajstić information content (AvgIpc) is 0.846. The summed E-state index contributed by atoms with van der Waals surface area (Å²) in [4.78, 5) is 42.9. The number of hydrogen-bond acceptors (Lipinski definition) is 26. The van der Waals surface area contributed by atoms with Crippen molar-refractivity contribution >= 4 is 132 Å². The fraction of sp³-hybridized carbons (Fsp3) is 0.206. The van der Waals surface area contributed by atoms with E-state index in [1.165, 1.54) is 102 Å². The number of nitrogen functional groups attached to an aromatic ring is 2. The first-order valence-electron chi connectivity index (χ1n) is 31.6. The Morgan fingerprint density at radius 3 is 1.03 bits per heavy atom. The molecule has 0 saturated carbocycles.